The minimum absolute atomic E-state index is 0.387. The summed E-state index contributed by atoms with van der Waals surface area (Å²) in [5.74, 6) is 0.355. The molecule has 0 bridgehead atoms. The zero-order valence-electron chi connectivity index (χ0n) is 11.6. The molecular weight excluding hydrogens is 379 g/mol. The predicted octanol–water partition coefficient (Wildman–Crippen LogP) is 4.06. The van der Waals surface area contributed by atoms with Gasteiger partial charge in [0.25, 0.3) is 0 Å². The molecule has 0 saturated carbocycles. The number of esters is 1. The van der Waals surface area contributed by atoms with E-state index in [0.717, 1.165) is 20.4 Å². The van der Waals surface area contributed by atoms with E-state index >= 15 is 0 Å². The fourth-order valence-corrected chi connectivity index (χ4v) is 2.19. The van der Waals surface area contributed by atoms with Gasteiger partial charge in [0, 0.05) is 15.2 Å². The molecule has 0 heterocycles. The molecule has 2 aromatic carbocycles. The number of hydrogen-bond donors (Lipinski definition) is 0. The first-order valence-corrected chi connectivity index (χ1v) is 7.49. The summed E-state index contributed by atoms with van der Waals surface area (Å²) in [6.45, 7) is 0.486. The monoisotopic (exact) mass is 394 g/mol. The highest BCUT2D eigenvalue weighted by atomic mass is 127. The molecule has 0 spiro atoms. The molecule has 0 unspecified atom stereocenters. The first kappa shape index (κ1) is 15.6. The Balaban J connectivity index is 2.15. The summed E-state index contributed by atoms with van der Waals surface area (Å²) >= 11 is 2.23. The number of rotatable bonds is 5. The van der Waals surface area contributed by atoms with E-state index in [0.29, 0.717) is 6.61 Å². The maximum atomic E-state index is 11.2. The maximum Gasteiger partial charge on any atom is 0.330 e. The molecule has 4 heteroatoms. The van der Waals surface area contributed by atoms with Crippen molar-refractivity contribution in [1.82, 2.24) is 0 Å². The molecule has 0 atom stereocenters. The molecule has 0 aliphatic carbocycles. The van der Waals surface area contributed by atoms with Crippen molar-refractivity contribution in [3.05, 3.63) is 69.3 Å². The summed E-state index contributed by atoms with van der Waals surface area (Å²) in [6, 6.07) is 15.8. The van der Waals surface area contributed by atoms with E-state index in [4.69, 9.17) is 4.74 Å². The van der Waals surface area contributed by atoms with E-state index in [1.54, 1.807) is 6.08 Å². The summed E-state index contributed by atoms with van der Waals surface area (Å²) in [4.78, 5) is 11.2. The number of carbonyl (C=O) groups excluding carboxylic acids is 1. The molecule has 0 amide bonds. The molecule has 3 nitrogen and oxygen atoms in total. The second-order valence-electron chi connectivity index (χ2n) is 4.31. The second-order valence-corrected chi connectivity index (χ2v) is 5.56. The lowest BCUT2D eigenvalue weighted by Gasteiger charge is -2.10. The zero-order chi connectivity index (χ0) is 15.1. The van der Waals surface area contributed by atoms with Crippen LogP contribution in [0, 0.1) is 3.57 Å². The van der Waals surface area contributed by atoms with Gasteiger partial charge in [0.2, 0.25) is 0 Å². The predicted molar refractivity (Wildman–Crippen MR) is 91.0 cm³/mol. The number of carbonyl (C=O) groups is 1. The highest BCUT2D eigenvalue weighted by Gasteiger charge is 2.04. The van der Waals surface area contributed by atoms with Crippen LogP contribution in [0.2, 0.25) is 0 Å². The van der Waals surface area contributed by atoms with Crippen LogP contribution in [0.25, 0.3) is 6.08 Å². The standard InChI is InChI=1S/C17H15IO3/c1-20-17(19)10-8-14-7-9-15(18)11-16(14)21-12-13-5-3-2-4-6-13/h2-11H,12H2,1H3. The van der Waals surface area contributed by atoms with Crippen LogP contribution < -0.4 is 4.74 Å². The van der Waals surface area contributed by atoms with Crippen LogP contribution in [0.1, 0.15) is 11.1 Å². The Labute approximate surface area is 137 Å². The zero-order valence-corrected chi connectivity index (χ0v) is 13.7. The number of benzene rings is 2. The van der Waals surface area contributed by atoms with Gasteiger partial charge in [0.15, 0.2) is 0 Å². The second kappa shape index (κ2) is 7.83. The Morgan fingerprint density at radius 3 is 2.67 bits per heavy atom. The lowest BCUT2D eigenvalue weighted by molar-refractivity contribution is -0.134. The van der Waals surface area contributed by atoms with Gasteiger partial charge in [0.05, 0.1) is 7.11 Å². The van der Waals surface area contributed by atoms with Crippen molar-refractivity contribution >= 4 is 34.6 Å². The lowest BCUT2D eigenvalue weighted by atomic mass is 10.2. The average molecular weight is 394 g/mol. The van der Waals surface area contributed by atoms with E-state index in [2.05, 4.69) is 27.3 Å². The van der Waals surface area contributed by atoms with Crippen molar-refractivity contribution in [2.24, 2.45) is 0 Å². The van der Waals surface area contributed by atoms with Gasteiger partial charge in [-0.3, -0.25) is 0 Å². The van der Waals surface area contributed by atoms with Gasteiger partial charge in [-0.05, 0) is 46.4 Å². The van der Waals surface area contributed by atoms with Crippen molar-refractivity contribution in [1.29, 1.82) is 0 Å². The summed E-state index contributed by atoms with van der Waals surface area (Å²) in [6.07, 6.45) is 3.08. The molecular formula is C17H15IO3. The van der Waals surface area contributed by atoms with Gasteiger partial charge >= 0.3 is 5.97 Å². The highest BCUT2D eigenvalue weighted by Crippen LogP contribution is 2.24. The Bertz CT molecular complexity index is 636. The highest BCUT2D eigenvalue weighted by molar-refractivity contribution is 14.1. The van der Waals surface area contributed by atoms with Crippen LogP contribution in [0.15, 0.2) is 54.6 Å². The summed E-state index contributed by atoms with van der Waals surface area (Å²) < 4.78 is 11.5. The van der Waals surface area contributed by atoms with Crippen LogP contribution in [-0.4, -0.2) is 13.1 Å². The van der Waals surface area contributed by atoms with E-state index in [9.17, 15) is 4.79 Å². The average Bonchev–Trinajstić information content (AvgIpc) is 2.52. The topological polar surface area (TPSA) is 35.5 Å². The number of methoxy groups -OCH3 is 1. The molecule has 2 aromatic rings. The Kier molecular flexibility index (Phi) is 5.80. The minimum Gasteiger partial charge on any atom is -0.488 e. The first-order valence-electron chi connectivity index (χ1n) is 6.41. The van der Waals surface area contributed by atoms with Gasteiger partial charge in [-0.25, -0.2) is 4.79 Å². The van der Waals surface area contributed by atoms with Crippen LogP contribution >= 0.6 is 22.6 Å². The fraction of sp³-hybridized carbons (Fsp3) is 0.118. The summed E-state index contributed by atoms with van der Waals surface area (Å²) in [5.41, 5.74) is 1.94. The van der Waals surface area contributed by atoms with E-state index in [1.165, 1.54) is 13.2 Å². The van der Waals surface area contributed by atoms with Crippen molar-refractivity contribution in [2.45, 2.75) is 6.61 Å². The quantitative estimate of drug-likeness (QED) is 0.436. The molecule has 2 rings (SSSR count). The van der Waals surface area contributed by atoms with E-state index in [1.807, 2.05) is 48.5 Å². The number of halogens is 1. The molecule has 0 aromatic heterocycles. The van der Waals surface area contributed by atoms with Gasteiger partial charge in [0.1, 0.15) is 12.4 Å². The van der Waals surface area contributed by atoms with Crippen molar-refractivity contribution < 1.29 is 14.3 Å². The van der Waals surface area contributed by atoms with Gasteiger partial charge in [-0.15, -0.1) is 0 Å². The largest absolute Gasteiger partial charge is 0.488 e. The van der Waals surface area contributed by atoms with Crippen molar-refractivity contribution in [3.8, 4) is 5.75 Å². The van der Waals surface area contributed by atoms with Crippen LogP contribution in [0.4, 0.5) is 0 Å². The van der Waals surface area contributed by atoms with E-state index in [-0.39, 0.29) is 5.97 Å². The van der Waals surface area contributed by atoms with Crippen molar-refractivity contribution in [2.75, 3.05) is 7.11 Å². The molecule has 0 saturated heterocycles. The van der Waals surface area contributed by atoms with Crippen LogP contribution in [0.3, 0.4) is 0 Å². The number of hydrogen-bond acceptors (Lipinski definition) is 3. The molecule has 0 aliphatic rings. The van der Waals surface area contributed by atoms with Crippen LogP contribution in [0.5, 0.6) is 5.75 Å². The smallest absolute Gasteiger partial charge is 0.330 e. The third kappa shape index (κ3) is 4.90. The Morgan fingerprint density at radius 2 is 1.95 bits per heavy atom. The van der Waals surface area contributed by atoms with Gasteiger partial charge in [-0.2, -0.15) is 0 Å². The van der Waals surface area contributed by atoms with E-state index < -0.39 is 0 Å². The van der Waals surface area contributed by atoms with Gasteiger partial charge in [-0.1, -0.05) is 36.4 Å². The lowest BCUT2D eigenvalue weighted by Crippen LogP contribution is -1.98. The fourth-order valence-electron chi connectivity index (χ4n) is 1.73. The molecule has 0 aliphatic heterocycles. The Morgan fingerprint density at radius 1 is 1.19 bits per heavy atom. The molecule has 0 N–H and O–H groups in total. The summed E-state index contributed by atoms with van der Waals surface area (Å²) in [7, 11) is 1.35. The normalized spacial score (nSPS) is 10.6. The van der Waals surface area contributed by atoms with Gasteiger partial charge < -0.3 is 9.47 Å². The first-order chi connectivity index (χ1) is 10.2. The number of ether oxygens (including phenoxy) is 2. The molecule has 0 radical (unpaired) electrons. The maximum absolute atomic E-state index is 11.2. The summed E-state index contributed by atoms with van der Waals surface area (Å²) in [5, 5.41) is 0. The third-order valence-corrected chi connectivity index (χ3v) is 3.48. The van der Waals surface area contributed by atoms with Crippen LogP contribution in [-0.2, 0) is 16.1 Å². The third-order valence-electron chi connectivity index (χ3n) is 2.81. The Hall–Kier alpha value is -1.82. The molecule has 21 heavy (non-hydrogen) atoms. The molecule has 0 fully saturated rings. The SMILES string of the molecule is COC(=O)C=Cc1ccc(I)cc1OCc1ccccc1. The van der Waals surface area contributed by atoms with Crippen molar-refractivity contribution in [3.63, 3.8) is 0 Å². The molecule has 108 valence electrons. The minimum atomic E-state index is -0.387.